The molecular weight excluding hydrogens is 250 g/mol. The number of rotatable bonds is 5. The van der Waals surface area contributed by atoms with Crippen LogP contribution in [0.15, 0.2) is 43.0 Å². The monoisotopic (exact) mass is 269 g/mol. The molecular formula is C16H19N3O. The molecule has 1 N–H and O–H groups in total. The molecule has 1 aliphatic rings. The lowest BCUT2D eigenvalue weighted by molar-refractivity contribution is -0.127. The average Bonchev–Trinajstić information content (AvgIpc) is 2.89. The molecule has 0 unspecified atom stereocenters. The maximum absolute atomic E-state index is 11.8. The van der Waals surface area contributed by atoms with Gasteiger partial charge in [0.05, 0.1) is 6.33 Å². The van der Waals surface area contributed by atoms with E-state index in [1.807, 2.05) is 17.1 Å². The third-order valence-electron chi connectivity index (χ3n) is 3.89. The van der Waals surface area contributed by atoms with Crippen LogP contribution in [0.4, 0.5) is 0 Å². The molecule has 20 heavy (non-hydrogen) atoms. The van der Waals surface area contributed by atoms with Crippen LogP contribution >= 0.6 is 0 Å². The number of imidazole rings is 1. The second kappa shape index (κ2) is 5.90. The largest absolute Gasteiger partial charge is 0.352 e. The van der Waals surface area contributed by atoms with Crippen LogP contribution in [0.3, 0.4) is 0 Å². The van der Waals surface area contributed by atoms with E-state index in [0.29, 0.717) is 6.54 Å². The second-order valence-corrected chi connectivity index (χ2v) is 5.40. The summed E-state index contributed by atoms with van der Waals surface area (Å²) in [5.74, 6) is 0.467. The van der Waals surface area contributed by atoms with Gasteiger partial charge in [-0.3, -0.25) is 4.79 Å². The number of amides is 1. The minimum atomic E-state index is 0.207. The standard InChI is InChI=1S/C16H19N3O/c20-16(15-2-1-3-15)18-10-13-4-6-14(7-5-13)11-19-9-8-17-12-19/h4-9,12,15H,1-3,10-11H2,(H,18,20). The van der Waals surface area contributed by atoms with Crippen molar-refractivity contribution in [2.75, 3.05) is 0 Å². The molecule has 0 spiro atoms. The molecule has 4 heteroatoms. The van der Waals surface area contributed by atoms with E-state index in [1.165, 1.54) is 12.0 Å². The summed E-state index contributed by atoms with van der Waals surface area (Å²) in [6.07, 6.45) is 8.84. The summed E-state index contributed by atoms with van der Waals surface area (Å²) in [7, 11) is 0. The number of benzene rings is 1. The van der Waals surface area contributed by atoms with Crippen molar-refractivity contribution in [3.8, 4) is 0 Å². The van der Waals surface area contributed by atoms with Crippen LogP contribution in [0, 0.1) is 5.92 Å². The number of hydrogen-bond donors (Lipinski definition) is 1. The Morgan fingerprint density at radius 2 is 2.00 bits per heavy atom. The molecule has 0 radical (unpaired) electrons. The molecule has 4 nitrogen and oxygen atoms in total. The van der Waals surface area contributed by atoms with E-state index in [1.54, 1.807) is 6.20 Å². The highest BCUT2D eigenvalue weighted by Gasteiger charge is 2.24. The lowest BCUT2D eigenvalue weighted by Gasteiger charge is -2.24. The van der Waals surface area contributed by atoms with Crippen LogP contribution in [-0.2, 0) is 17.9 Å². The molecule has 2 aromatic rings. The first-order chi connectivity index (χ1) is 9.81. The Morgan fingerprint density at radius 3 is 2.60 bits per heavy atom. The SMILES string of the molecule is O=C(NCc1ccc(Cn2ccnc2)cc1)C1CCC1. The van der Waals surface area contributed by atoms with E-state index in [2.05, 4.69) is 34.6 Å². The summed E-state index contributed by atoms with van der Waals surface area (Å²) in [6, 6.07) is 8.36. The third kappa shape index (κ3) is 3.07. The van der Waals surface area contributed by atoms with Crippen molar-refractivity contribution in [3.05, 3.63) is 54.1 Å². The van der Waals surface area contributed by atoms with Crippen LogP contribution < -0.4 is 5.32 Å². The minimum Gasteiger partial charge on any atom is -0.352 e. The first-order valence-electron chi connectivity index (χ1n) is 7.12. The zero-order chi connectivity index (χ0) is 13.8. The summed E-state index contributed by atoms with van der Waals surface area (Å²) in [5.41, 5.74) is 2.38. The molecule has 1 saturated carbocycles. The third-order valence-corrected chi connectivity index (χ3v) is 3.89. The van der Waals surface area contributed by atoms with Crippen molar-refractivity contribution in [2.24, 2.45) is 5.92 Å². The maximum Gasteiger partial charge on any atom is 0.223 e. The average molecular weight is 269 g/mol. The molecule has 104 valence electrons. The van der Waals surface area contributed by atoms with Crippen LogP contribution in [0.1, 0.15) is 30.4 Å². The lowest BCUT2D eigenvalue weighted by atomic mass is 9.85. The van der Waals surface area contributed by atoms with Crippen molar-refractivity contribution in [3.63, 3.8) is 0 Å². The number of hydrogen-bond acceptors (Lipinski definition) is 2. The molecule has 0 bridgehead atoms. The molecule has 1 aliphatic carbocycles. The van der Waals surface area contributed by atoms with Crippen LogP contribution in [0.5, 0.6) is 0 Å². The maximum atomic E-state index is 11.8. The van der Waals surface area contributed by atoms with Gasteiger partial charge in [-0.2, -0.15) is 0 Å². The summed E-state index contributed by atoms with van der Waals surface area (Å²) < 4.78 is 2.04. The fourth-order valence-corrected chi connectivity index (χ4v) is 2.36. The van der Waals surface area contributed by atoms with Gasteiger partial charge in [0.2, 0.25) is 5.91 Å². The van der Waals surface area contributed by atoms with Gasteiger partial charge >= 0.3 is 0 Å². The van der Waals surface area contributed by atoms with E-state index in [0.717, 1.165) is 24.9 Å². The summed E-state index contributed by atoms with van der Waals surface area (Å²) >= 11 is 0. The van der Waals surface area contributed by atoms with Gasteiger partial charge in [0.1, 0.15) is 0 Å². The molecule has 3 rings (SSSR count). The molecule has 0 aliphatic heterocycles. The quantitative estimate of drug-likeness (QED) is 0.905. The Morgan fingerprint density at radius 1 is 1.25 bits per heavy atom. The van der Waals surface area contributed by atoms with E-state index < -0.39 is 0 Å². The number of nitrogens with zero attached hydrogens (tertiary/aromatic N) is 2. The molecule has 1 fully saturated rings. The Labute approximate surface area is 118 Å². The van der Waals surface area contributed by atoms with E-state index in [-0.39, 0.29) is 11.8 Å². The second-order valence-electron chi connectivity index (χ2n) is 5.40. The van der Waals surface area contributed by atoms with Gasteiger partial charge < -0.3 is 9.88 Å². The van der Waals surface area contributed by atoms with Crippen LogP contribution in [-0.4, -0.2) is 15.5 Å². The fourth-order valence-electron chi connectivity index (χ4n) is 2.36. The summed E-state index contributed by atoms with van der Waals surface area (Å²) in [6.45, 7) is 1.45. The smallest absolute Gasteiger partial charge is 0.223 e. The highest BCUT2D eigenvalue weighted by Crippen LogP contribution is 2.26. The van der Waals surface area contributed by atoms with Gasteiger partial charge in [-0.25, -0.2) is 4.98 Å². The Hall–Kier alpha value is -2.10. The highest BCUT2D eigenvalue weighted by atomic mass is 16.1. The molecule has 1 amide bonds. The van der Waals surface area contributed by atoms with Gasteiger partial charge in [-0.05, 0) is 24.0 Å². The number of aromatic nitrogens is 2. The van der Waals surface area contributed by atoms with Gasteiger partial charge in [0.15, 0.2) is 0 Å². The molecule has 0 saturated heterocycles. The van der Waals surface area contributed by atoms with E-state index >= 15 is 0 Å². The summed E-state index contributed by atoms with van der Waals surface area (Å²) in [5, 5.41) is 3.01. The summed E-state index contributed by atoms with van der Waals surface area (Å²) in [4.78, 5) is 15.8. The Balaban J connectivity index is 1.52. The first kappa shape index (κ1) is 12.9. The van der Waals surface area contributed by atoms with Gasteiger partial charge in [0.25, 0.3) is 0 Å². The molecule has 0 atom stereocenters. The fraction of sp³-hybridized carbons (Fsp3) is 0.375. The molecule has 1 aromatic carbocycles. The predicted molar refractivity (Wildman–Crippen MR) is 77.0 cm³/mol. The Bertz CT molecular complexity index is 556. The van der Waals surface area contributed by atoms with Crippen molar-refractivity contribution in [1.29, 1.82) is 0 Å². The highest BCUT2D eigenvalue weighted by molar-refractivity contribution is 5.79. The van der Waals surface area contributed by atoms with Gasteiger partial charge in [0, 0.05) is 31.4 Å². The zero-order valence-corrected chi connectivity index (χ0v) is 11.5. The van der Waals surface area contributed by atoms with E-state index in [4.69, 9.17) is 0 Å². The van der Waals surface area contributed by atoms with Crippen LogP contribution in [0.2, 0.25) is 0 Å². The van der Waals surface area contributed by atoms with Crippen molar-refractivity contribution >= 4 is 5.91 Å². The molecule has 1 aromatic heterocycles. The number of nitrogens with one attached hydrogen (secondary N) is 1. The molecule has 1 heterocycles. The van der Waals surface area contributed by atoms with Crippen molar-refractivity contribution in [2.45, 2.75) is 32.4 Å². The number of carbonyl (C=O) groups is 1. The normalized spacial score (nSPS) is 14.8. The number of carbonyl (C=O) groups excluding carboxylic acids is 1. The lowest BCUT2D eigenvalue weighted by Crippen LogP contribution is -2.33. The topological polar surface area (TPSA) is 46.9 Å². The van der Waals surface area contributed by atoms with E-state index in [9.17, 15) is 4.79 Å². The van der Waals surface area contributed by atoms with Gasteiger partial charge in [-0.15, -0.1) is 0 Å². The minimum absolute atomic E-state index is 0.207. The van der Waals surface area contributed by atoms with Crippen molar-refractivity contribution < 1.29 is 4.79 Å². The van der Waals surface area contributed by atoms with Gasteiger partial charge in [-0.1, -0.05) is 30.7 Å². The Kier molecular flexibility index (Phi) is 3.81. The first-order valence-corrected chi connectivity index (χ1v) is 7.12. The van der Waals surface area contributed by atoms with Crippen molar-refractivity contribution in [1.82, 2.24) is 14.9 Å². The van der Waals surface area contributed by atoms with Crippen LogP contribution in [0.25, 0.3) is 0 Å². The zero-order valence-electron chi connectivity index (χ0n) is 11.5. The predicted octanol–water partition coefficient (Wildman–Crippen LogP) is 2.35.